The standard InChI is InChI=1S/C31H30F5N9O2/c1-19-24(12-38-45(19)18-31(34,35)36)29-23(30(32)33)4-5-26(39-29)25-13-37-44-15-22(3-6-27(25)44)47-28-7-2-20(40-41-28)14-42-8-10-43(11-9-42)21-16-46-17-21/h2-7,12-13,15,21,30H,8-11,14,16-18H2,1H3. The molecule has 16 heteroatoms. The summed E-state index contributed by atoms with van der Waals surface area (Å²) in [5.74, 6) is 0.755. The molecule has 0 N–H and O–H groups in total. The van der Waals surface area contributed by atoms with Crippen molar-refractivity contribution in [1.82, 2.24) is 44.4 Å². The zero-order valence-corrected chi connectivity index (χ0v) is 25.2. The van der Waals surface area contributed by atoms with Gasteiger partial charge in [0.25, 0.3) is 6.43 Å². The second-order valence-corrected chi connectivity index (χ2v) is 11.6. The third kappa shape index (κ3) is 6.66. The van der Waals surface area contributed by atoms with E-state index >= 15 is 0 Å². The van der Waals surface area contributed by atoms with Gasteiger partial charge in [-0.3, -0.25) is 14.5 Å². The van der Waals surface area contributed by atoms with Gasteiger partial charge in [0.2, 0.25) is 5.88 Å². The summed E-state index contributed by atoms with van der Waals surface area (Å²) >= 11 is 0. The van der Waals surface area contributed by atoms with Gasteiger partial charge in [-0.1, -0.05) is 0 Å². The van der Waals surface area contributed by atoms with E-state index in [1.165, 1.54) is 25.3 Å². The van der Waals surface area contributed by atoms with Gasteiger partial charge in [-0.15, -0.1) is 5.10 Å². The second kappa shape index (κ2) is 12.6. The predicted molar refractivity (Wildman–Crippen MR) is 159 cm³/mol. The lowest BCUT2D eigenvalue weighted by atomic mass is 10.0. The van der Waals surface area contributed by atoms with Crippen LogP contribution in [-0.2, 0) is 17.8 Å². The minimum atomic E-state index is -4.52. The Kier molecular flexibility index (Phi) is 8.32. The van der Waals surface area contributed by atoms with Crippen LogP contribution in [0.5, 0.6) is 11.6 Å². The Bertz CT molecular complexity index is 1860. The van der Waals surface area contributed by atoms with Crippen LogP contribution in [0.4, 0.5) is 22.0 Å². The van der Waals surface area contributed by atoms with Crippen LogP contribution in [0.2, 0.25) is 0 Å². The largest absolute Gasteiger partial charge is 0.436 e. The molecule has 0 aromatic carbocycles. The van der Waals surface area contributed by atoms with Crippen molar-refractivity contribution in [2.24, 2.45) is 0 Å². The molecular weight excluding hydrogens is 625 g/mol. The highest BCUT2D eigenvalue weighted by Gasteiger charge is 2.31. The molecule has 0 bridgehead atoms. The summed E-state index contributed by atoms with van der Waals surface area (Å²) in [5, 5.41) is 16.7. The summed E-state index contributed by atoms with van der Waals surface area (Å²) in [6.45, 7) is 6.33. The first kappa shape index (κ1) is 31.1. The number of alkyl halides is 5. The minimum absolute atomic E-state index is 0.0737. The van der Waals surface area contributed by atoms with E-state index in [1.807, 2.05) is 6.07 Å². The van der Waals surface area contributed by atoms with Crippen molar-refractivity contribution < 1.29 is 31.4 Å². The Balaban J connectivity index is 1.06. The number of piperazine rings is 1. The third-order valence-electron chi connectivity index (χ3n) is 8.46. The Morgan fingerprint density at radius 1 is 0.936 bits per heavy atom. The summed E-state index contributed by atoms with van der Waals surface area (Å²) in [7, 11) is 0. The van der Waals surface area contributed by atoms with E-state index in [1.54, 1.807) is 28.9 Å². The van der Waals surface area contributed by atoms with Crippen molar-refractivity contribution in [3.63, 3.8) is 0 Å². The molecule has 0 spiro atoms. The SMILES string of the molecule is Cc1c(-c2nc(-c3cnn4cc(Oc5ccc(CN6CCN(C7COC7)CC6)nn5)ccc34)ccc2C(F)F)cnn1CC(F)(F)F. The predicted octanol–water partition coefficient (Wildman–Crippen LogP) is 5.17. The zero-order valence-electron chi connectivity index (χ0n) is 25.2. The number of fused-ring (bicyclic) bond motifs is 1. The molecular formula is C31H30F5N9O2. The second-order valence-electron chi connectivity index (χ2n) is 11.6. The van der Waals surface area contributed by atoms with Crippen molar-refractivity contribution in [3.05, 3.63) is 71.9 Å². The summed E-state index contributed by atoms with van der Waals surface area (Å²) < 4.78 is 80.4. The molecule has 0 radical (unpaired) electrons. The molecule has 5 aromatic heterocycles. The molecule has 0 unspecified atom stereocenters. The van der Waals surface area contributed by atoms with Gasteiger partial charge in [0, 0.05) is 61.2 Å². The van der Waals surface area contributed by atoms with Crippen LogP contribution in [0.25, 0.3) is 28.0 Å². The van der Waals surface area contributed by atoms with Gasteiger partial charge in [-0.05, 0) is 37.3 Å². The molecule has 0 aliphatic carbocycles. The van der Waals surface area contributed by atoms with Crippen molar-refractivity contribution in [2.75, 3.05) is 39.4 Å². The first-order chi connectivity index (χ1) is 22.6. The summed E-state index contributed by atoms with van der Waals surface area (Å²) in [6.07, 6.45) is -3.13. The molecule has 2 aliphatic rings. The summed E-state index contributed by atoms with van der Waals surface area (Å²) in [6, 6.07) is 10.3. The maximum absolute atomic E-state index is 14.0. The molecule has 0 saturated carbocycles. The molecule has 47 heavy (non-hydrogen) atoms. The van der Waals surface area contributed by atoms with Gasteiger partial charge in [0.15, 0.2) is 0 Å². The van der Waals surface area contributed by atoms with E-state index in [9.17, 15) is 22.0 Å². The quantitative estimate of drug-likeness (QED) is 0.199. The fraction of sp³-hybridized carbons (Fsp3) is 0.387. The molecule has 7 heterocycles. The normalized spacial score (nSPS) is 16.7. The molecule has 0 amide bonds. The van der Waals surface area contributed by atoms with Crippen LogP contribution in [-0.4, -0.2) is 96.0 Å². The molecule has 246 valence electrons. The first-order valence-corrected chi connectivity index (χ1v) is 15.0. The number of pyridine rings is 2. The van der Waals surface area contributed by atoms with E-state index in [4.69, 9.17) is 9.47 Å². The highest BCUT2D eigenvalue weighted by atomic mass is 19.4. The molecule has 7 rings (SSSR count). The highest BCUT2D eigenvalue weighted by molar-refractivity contribution is 5.80. The van der Waals surface area contributed by atoms with Crippen molar-refractivity contribution in [1.29, 1.82) is 0 Å². The average molecular weight is 656 g/mol. The molecule has 2 saturated heterocycles. The number of halogens is 5. The maximum atomic E-state index is 14.0. The van der Waals surface area contributed by atoms with Crippen molar-refractivity contribution in [3.8, 4) is 34.1 Å². The Morgan fingerprint density at radius 3 is 2.40 bits per heavy atom. The summed E-state index contributed by atoms with van der Waals surface area (Å²) in [4.78, 5) is 9.28. The van der Waals surface area contributed by atoms with Gasteiger partial charge in [-0.25, -0.2) is 18.3 Å². The smallest absolute Gasteiger partial charge is 0.408 e. The topological polar surface area (TPSA) is 98.7 Å². The van der Waals surface area contributed by atoms with Gasteiger partial charge in [0.1, 0.15) is 12.3 Å². The van der Waals surface area contributed by atoms with E-state index < -0.39 is 24.7 Å². The minimum Gasteiger partial charge on any atom is -0.436 e. The Hall–Kier alpha value is -4.54. The van der Waals surface area contributed by atoms with Gasteiger partial charge in [-0.2, -0.15) is 28.5 Å². The van der Waals surface area contributed by atoms with Crippen LogP contribution in [0.15, 0.2) is 55.0 Å². The lowest BCUT2D eigenvalue weighted by Gasteiger charge is -2.42. The lowest BCUT2D eigenvalue weighted by Crippen LogP contribution is -2.56. The first-order valence-electron chi connectivity index (χ1n) is 15.0. The van der Waals surface area contributed by atoms with E-state index in [0.717, 1.165) is 56.0 Å². The molecule has 2 fully saturated rings. The molecule has 0 atom stereocenters. The molecule has 11 nitrogen and oxygen atoms in total. The van der Waals surface area contributed by atoms with Crippen LogP contribution >= 0.6 is 0 Å². The Morgan fingerprint density at radius 2 is 1.72 bits per heavy atom. The van der Waals surface area contributed by atoms with Gasteiger partial charge >= 0.3 is 6.18 Å². The third-order valence-corrected chi connectivity index (χ3v) is 8.46. The van der Waals surface area contributed by atoms with Gasteiger partial charge in [0.05, 0.1) is 60.4 Å². The maximum Gasteiger partial charge on any atom is 0.408 e. The highest BCUT2D eigenvalue weighted by Crippen LogP contribution is 2.35. The van der Waals surface area contributed by atoms with E-state index in [2.05, 4.69) is 35.2 Å². The molecule has 2 aliphatic heterocycles. The molecule has 5 aromatic rings. The number of nitrogens with zero attached hydrogens (tertiary/aromatic N) is 9. The average Bonchev–Trinajstić information content (AvgIpc) is 3.60. The van der Waals surface area contributed by atoms with Crippen molar-refractivity contribution >= 4 is 5.52 Å². The monoisotopic (exact) mass is 655 g/mol. The number of aromatic nitrogens is 7. The van der Waals surface area contributed by atoms with Gasteiger partial charge < -0.3 is 9.47 Å². The lowest BCUT2D eigenvalue weighted by molar-refractivity contribution is -0.142. The summed E-state index contributed by atoms with van der Waals surface area (Å²) in [5.41, 5.74) is 1.91. The zero-order chi connectivity index (χ0) is 32.7. The number of rotatable bonds is 9. The van der Waals surface area contributed by atoms with Crippen LogP contribution in [0.3, 0.4) is 0 Å². The van der Waals surface area contributed by atoms with Crippen LogP contribution < -0.4 is 4.74 Å². The fourth-order valence-corrected chi connectivity index (χ4v) is 5.80. The van der Waals surface area contributed by atoms with Crippen LogP contribution in [0, 0.1) is 6.92 Å². The Labute approximate surface area is 265 Å². The number of hydrogen-bond donors (Lipinski definition) is 0. The fourth-order valence-electron chi connectivity index (χ4n) is 5.80. The van der Waals surface area contributed by atoms with Crippen LogP contribution in [0.1, 0.15) is 23.4 Å². The van der Waals surface area contributed by atoms with Crippen molar-refractivity contribution in [2.45, 2.75) is 38.7 Å². The number of ether oxygens (including phenoxy) is 2. The van der Waals surface area contributed by atoms with E-state index in [0.29, 0.717) is 41.0 Å². The van der Waals surface area contributed by atoms with E-state index in [-0.39, 0.29) is 17.0 Å². The number of hydrogen-bond acceptors (Lipinski definition) is 9.